The number of aromatic hydroxyl groups is 1. The number of nitrogens with zero attached hydrogens (tertiary/aromatic N) is 1. The number of hydrogen-bond donors (Lipinski definition) is 1. The van der Waals surface area contributed by atoms with E-state index in [1.807, 2.05) is 66.7 Å². The topological polar surface area (TPSA) is 68.2 Å². The van der Waals surface area contributed by atoms with E-state index in [0.29, 0.717) is 22.7 Å². The number of phenols is 1. The van der Waals surface area contributed by atoms with Gasteiger partial charge in [0.15, 0.2) is 17.2 Å². The van der Waals surface area contributed by atoms with Crippen molar-refractivity contribution in [1.29, 1.82) is 0 Å². The minimum atomic E-state index is -1.23. The molecule has 0 aliphatic carbocycles. The van der Waals surface area contributed by atoms with Crippen LogP contribution in [0.25, 0.3) is 0 Å². The van der Waals surface area contributed by atoms with Crippen LogP contribution in [0.1, 0.15) is 32.6 Å². The molecule has 7 heteroatoms. The molecule has 4 aromatic rings. The first-order chi connectivity index (χ1) is 18.0. The number of phenolic OH excluding ortho intramolecular Hbond substituents is 1. The Bertz CT molecular complexity index is 1400. The lowest BCUT2D eigenvalue weighted by atomic mass is 9.93. The highest BCUT2D eigenvalue weighted by Gasteiger charge is 2.52. The fourth-order valence-corrected chi connectivity index (χ4v) is 4.92. The first-order valence-corrected chi connectivity index (χ1v) is 12.1. The Balaban J connectivity index is 1.66. The molecule has 0 saturated heterocycles. The van der Waals surface area contributed by atoms with E-state index in [9.17, 15) is 9.90 Å². The summed E-state index contributed by atoms with van der Waals surface area (Å²) in [6, 6.07) is 28.0. The molecule has 0 fully saturated rings. The summed E-state index contributed by atoms with van der Waals surface area (Å²) in [5, 5.41) is 10.9. The number of halogens is 1. The summed E-state index contributed by atoms with van der Waals surface area (Å²) in [5.41, 5.74) is 2.54. The fraction of sp³-hybridized carbons (Fsp3) is 0.167. The van der Waals surface area contributed by atoms with Crippen molar-refractivity contribution in [2.45, 2.75) is 18.9 Å². The van der Waals surface area contributed by atoms with Gasteiger partial charge in [-0.25, -0.2) is 0 Å². The van der Waals surface area contributed by atoms with Crippen LogP contribution in [-0.4, -0.2) is 30.1 Å². The number of carbonyl (C=O) groups excluding carboxylic acids is 1. The van der Waals surface area contributed by atoms with Gasteiger partial charge in [-0.2, -0.15) is 0 Å². The Hall–Kier alpha value is -4.00. The van der Waals surface area contributed by atoms with Gasteiger partial charge in [-0.3, -0.25) is 9.69 Å². The molecule has 1 aliphatic rings. The van der Waals surface area contributed by atoms with Crippen molar-refractivity contribution in [3.63, 3.8) is 0 Å². The zero-order valence-corrected chi connectivity index (χ0v) is 21.2. The lowest BCUT2D eigenvalue weighted by molar-refractivity contribution is -0.120. The number of benzene rings is 4. The van der Waals surface area contributed by atoms with Crippen LogP contribution in [0.4, 0.5) is 0 Å². The van der Waals surface area contributed by atoms with E-state index in [2.05, 4.69) is 0 Å². The number of carbonyl (C=O) groups is 1. The van der Waals surface area contributed by atoms with Crippen molar-refractivity contribution in [3.8, 4) is 17.2 Å². The number of ether oxygens (including phenoxy) is 3. The van der Waals surface area contributed by atoms with Crippen LogP contribution in [0.5, 0.6) is 17.2 Å². The molecule has 0 aromatic heterocycles. The van der Waals surface area contributed by atoms with Crippen LogP contribution in [0.2, 0.25) is 5.02 Å². The quantitative estimate of drug-likeness (QED) is 0.305. The molecule has 5 rings (SSSR count). The van der Waals surface area contributed by atoms with Gasteiger partial charge in [0.1, 0.15) is 0 Å². The maximum absolute atomic E-state index is 13.9. The first kappa shape index (κ1) is 24.7. The van der Waals surface area contributed by atoms with E-state index in [-0.39, 0.29) is 29.8 Å². The zero-order chi connectivity index (χ0) is 26.0. The van der Waals surface area contributed by atoms with Crippen LogP contribution in [-0.2, 0) is 23.6 Å². The minimum Gasteiger partial charge on any atom is -0.502 e. The molecule has 1 N–H and O–H groups in total. The molecule has 37 heavy (non-hydrogen) atoms. The minimum absolute atomic E-state index is 0.0896. The van der Waals surface area contributed by atoms with Gasteiger partial charge in [0.05, 0.1) is 20.8 Å². The van der Waals surface area contributed by atoms with E-state index >= 15 is 0 Å². The molecule has 1 amide bonds. The maximum atomic E-state index is 13.9. The number of fused-ring (bicyclic) bond motifs is 1. The summed E-state index contributed by atoms with van der Waals surface area (Å²) < 4.78 is 17.5. The van der Waals surface area contributed by atoms with Gasteiger partial charge < -0.3 is 19.3 Å². The highest BCUT2D eigenvalue weighted by atomic mass is 35.5. The molecule has 0 saturated carbocycles. The molecular weight excluding hydrogens is 490 g/mol. The van der Waals surface area contributed by atoms with E-state index in [1.165, 1.54) is 14.2 Å². The molecule has 0 spiro atoms. The molecule has 1 atom stereocenters. The monoisotopic (exact) mass is 515 g/mol. The summed E-state index contributed by atoms with van der Waals surface area (Å²) in [5.74, 6) is 0.314. The second-order valence-corrected chi connectivity index (χ2v) is 9.15. The number of hydrogen-bond acceptors (Lipinski definition) is 5. The first-order valence-electron chi connectivity index (χ1n) is 11.8. The summed E-state index contributed by atoms with van der Waals surface area (Å²) in [6.07, 6.45) is 0. The molecular formula is C30H26ClNO5. The summed E-state index contributed by atoms with van der Waals surface area (Å²) in [7, 11) is 2.95. The van der Waals surface area contributed by atoms with Gasteiger partial charge in [0, 0.05) is 28.3 Å². The highest BCUT2D eigenvalue weighted by molar-refractivity contribution is 6.30. The third-order valence-electron chi connectivity index (χ3n) is 6.55. The van der Waals surface area contributed by atoms with Gasteiger partial charge in [0.2, 0.25) is 5.75 Å². The van der Waals surface area contributed by atoms with Gasteiger partial charge >= 0.3 is 0 Å². The fourth-order valence-electron chi connectivity index (χ4n) is 4.79. The van der Waals surface area contributed by atoms with Gasteiger partial charge in [0.25, 0.3) is 5.91 Å². The maximum Gasteiger partial charge on any atom is 0.257 e. The van der Waals surface area contributed by atoms with E-state index < -0.39 is 5.72 Å². The molecule has 1 aliphatic heterocycles. The molecule has 1 unspecified atom stereocenters. The van der Waals surface area contributed by atoms with E-state index in [1.54, 1.807) is 29.2 Å². The van der Waals surface area contributed by atoms with Gasteiger partial charge in [-0.15, -0.1) is 0 Å². The zero-order valence-electron chi connectivity index (χ0n) is 20.5. The average Bonchev–Trinajstić information content (AvgIpc) is 3.17. The highest BCUT2D eigenvalue weighted by Crippen LogP contribution is 2.47. The average molecular weight is 516 g/mol. The predicted octanol–water partition coefficient (Wildman–Crippen LogP) is 6.14. The molecule has 0 bridgehead atoms. The Morgan fingerprint density at radius 2 is 1.46 bits per heavy atom. The standard InChI is InChI=1S/C30H26ClNO5/c1-35-26-16-21(17-27(36-2)28(26)33)19-37-30(22-12-14-23(31)15-13-22)25-11-7-6-10-24(25)29(34)32(30)18-20-8-4-3-5-9-20/h3-17,33H,18-19H2,1-2H3. The predicted molar refractivity (Wildman–Crippen MR) is 141 cm³/mol. The third-order valence-corrected chi connectivity index (χ3v) is 6.81. The van der Waals surface area contributed by atoms with Crippen LogP contribution >= 0.6 is 11.6 Å². The summed E-state index contributed by atoms with van der Waals surface area (Å²) in [6.45, 7) is 0.432. The molecule has 1 heterocycles. The molecule has 0 radical (unpaired) electrons. The van der Waals surface area contributed by atoms with Crippen molar-refractivity contribution in [3.05, 3.63) is 124 Å². The number of rotatable bonds is 8. The Morgan fingerprint density at radius 1 is 0.838 bits per heavy atom. The Labute approximate surface area is 220 Å². The lowest BCUT2D eigenvalue weighted by Crippen LogP contribution is -2.46. The van der Waals surface area contributed by atoms with E-state index in [0.717, 1.165) is 16.7 Å². The SMILES string of the molecule is COc1cc(COC2(c3ccc(Cl)cc3)c3ccccc3C(=O)N2Cc2ccccc2)cc(OC)c1O. The Morgan fingerprint density at radius 3 is 2.11 bits per heavy atom. The summed E-state index contributed by atoms with van der Waals surface area (Å²) in [4.78, 5) is 15.6. The van der Waals surface area contributed by atoms with Crippen molar-refractivity contribution in [1.82, 2.24) is 4.90 Å². The van der Waals surface area contributed by atoms with Crippen molar-refractivity contribution < 1.29 is 24.1 Å². The van der Waals surface area contributed by atoms with Crippen LogP contribution in [0.3, 0.4) is 0 Å². The molecule has 6 nitrogen and oxygen atoms in total. The third kappa shape index (κ3) is 4.39. The second-order valence-electron chi connectivity index (χ2n) is 8.71. The van der Waals surface area contributed by atoms with Crippen LogP contribution < -0.4 is 9.47 Å². The normalized spacial score (nSPS) is 16.5. The largest absolute Gasteiger partial charge is 0.502 e. The smallest absolute Gasteiger partial charge is 0.257 e. The van der Waals surface area contributed by atoms with Crippen LogP contribution in [0.15, 0.2) is 91.0 Å². The Kier molecular flexibility index (Phi) is 6.78. The number of amides is 1. The lowest BCUT2D eigenvalue weighted by Gasteiger charge is -2.39. The molecule has 188 valence electrons. The molecule has 4 aromatic carbocycles. The van der Waals surface area contributed by atoms with E-state index in [4.69, 9.17) is 25.8 Å². The second kappa shape index (κ2) is 10.2. The van der Waals surface area contributed by atoms with Gasteiger partial charge in [-0.05, 0) is 41.5 Å². The van der Waals surface area contributed by atoms with Crippen molar-refractivity contribution >= 4 is 17.5 Å². The van der Waals surface area contributed by atoms with Gasteiger partial charge in [-0.1, -0.05) is 72.3 Å². The number of methoxy groups -OCH3 is 2. The summed E-state index contributed by atoms with van der Waals surface area (Å²) >= 11 is 6.24. The van der Waals surface area contributed by atoms with Crippen LogP contribution in [0, 0.1) is 0 Å². The van der Waals surface area contributed by atoms with Crippen molar-refractivity contribution in [2.24, 2.45) is 0 Å². The van der Waals surface area contributed by atoms with Crippen molar-refractivity contribution in [2.75, 3.05) is 14.2 Å².